The molecule has 2 saturated heterocycles. The van der Waals surface area contributed by atoms with Crippen molar-refractivity contribution in [2.75, 3.05) is 25.9 Å². The lowest BCUT2D eigenvalue weighted by molar-refractivity contribution is -0.132. The summed E-state index contributed by atoms with van der Waals surface area (Å²) in [5, 5.41) is 3.41. The molecule has 2 aliphatic rings. The third-order valence-corrected chi connectivity index (χ3v) is 6.36. The second-order valence-corrected chi connectivity index (χ2v) is 8.52. The van der Waals surface area contributed by atoms with Gasteiger partial charge in [0.25, 0.3) is 0 Å². The highest BCUT2D eigenvalue weighted by Crippen LogP contribution is 2.28. The van der Waals surface area contributed by atoms with Gasteiger partial charge in [0.1, 0.15) is 4.75 Å². The SMILES string of the molecule is CC(C)(C(=O)N1CC2CCCNC2C1)S(C)(=O)=O. The maximum absolute atomic E-state index is 12.4. The Labute approximate surface area is 109 Å². The second kappa shape index (κ2) is 4.49. The van der Waals surface area contributed by atoms with Crippen molar-refractivity contribution in [3.05, 3.63) is 0 Å². The van der Waals surface area contributed by atoms with Gasteiger partial charge in [-0.3, -0.25) is 4.79 Å². The predicted molar refractivity (Wildman–Crippen MR) is 70.0 cm³/mol. The van der Waals surface area contributed by atoms with Crippen LogP contribution < -0.4 is 5.32 Å². The lowest BCUT2D eigenvalue weighted by atomic mass is 9.94. The van der Waals surface area contributed by atoms with Gasteiger partial charge < -0.3 is 10.2 Å². The molecule has 0 saturated carbocycles. The highest BCUT2D eigenvalue weighted by molar-refractivity contribution is 7.92. The highest BCUT2D eigenvalue weighted by Gasteiger charge is 2.45. The molecule has 0 aromatic carbocycles. The van der Waals surface area contributed by atoms with E-state index in [0.29, 0.717) is 25.0 Å². The maximum atomic E-state index is 12.4. The lowest BCUT2D eigenvalue weighted by Crippen LogP contribution is -2.49. The molecule has 1 amide bonds. The number of rotatable bonds is 2. The number of hydrogen-bond donors (Lipinski definition) is 1. The molecule has 5 nitrogen and oxygen atoms in total. The van der Waals surface area contributed by atoms with Gasteiger partial charge in [-0.15, -0.1) is 0 Å². The van der Waals surface area contributed by atoms with Crippen molar-refractivity contribution in [2.45, 2.75) is 37.5 Å². The summed E-state index contributed by atoms with van der Waals surface area (Å²) in [6.07, 6.45) is 3.39. The van der Waals surface area contributed by atoms with Crippen LogP contribution in [-0.2, 0) is 14.6 Å². The van der Waals surface area contributed by atoms with Crippen molar-refractivity contribution in [2.24, 2.45) is 5.92 Å². The van der Waals surface area contributed by atoms with Gasteiger partial charge >= 0.3 is 0 Å². The summed E-state index contributed by atoms with van der Waals surface area (Å²) in [4.78, 5) is 14.1. The van der Waals surface area contributed by atoms with Crippen molar-refractivity contribution in [3.63, 3.8) is 0 Å². The third-order valence-electron chi connectivity index (χ3n) is 4.33. The van der Waals surface area contributed by atoms with E-state index in [0.717, 1.165) is 25.6 Å². The van der Waals surface area contributed by atoms with Gasteiger partial charge in [-0.25, -0.2) is 8.42 Å². The molecule has 0 aromatic heterocycles. The number of carbonyl (C=O) groups is 1. The van der Waals surface area contributed by atoms with Crippen LogP contribution in [0.15, 0.2) is 0 Å². The van der Waals surface area contributed by atoms with Crippen LogP contribution in [0.2, 0.25) is 0 Å². The first kappa shape index (κ1) is 13.8. The maximum Gasteiger partial charge on any atom is 0.243 e. The van der Waals surface area contributed by atoms with Crippen LogP contribution >= 0.6 is 0 Å². The van der Waals surface area contributed by atoms with Crippen molar-refractivity contribution in [1.82, 2.24) is 10.2 Å². The largest absolute Gasteiger partial charge is 0.339 e. The molecular weight excluding hydrogens is 252 g/mol. The summed E-state index contributed by atoms with van der Waals surface area (Å²) in [5.41, 5.74) is 0. The fourth-order valence-corrected chi connectivity index (χ4v) is 3.20. The third kappa shape index (κ3) is 2.28. The Hall–Kier alpha value is -0.620. The fraction of sp³-hybridized carbons (Fsp3) is 0.917. The number of nitrogens with one attached hydrogen (secondary N) is 1. The van der Waals surface area contributed by atoms with Crippen LogP contribution in [0.1, 0.15) is 26.7 Å². The summed E-state index contributed by atoms with van der Waals surface area (Å²) in [5.74, 6) is 0.222. The molecule has 2 heterocycles. The molecule has 104 valence electrons. The minimum atomic E-state index is -3.38. The van der Waals surface area contributed by atoms with E-state index >= 15 is 0 Å². The van der Waals surface area contributed by atoms with Gasteiger partial charge in [0.15, 0.2) is 9.84 Å². The standard InChI is InChI=1S/C12H22N2O3S/c1-12(2,18(3,16)17)11(15)14-7-9-5-4-6-13-10(9)8-14/h9-10,13H,4-8H2,1-3H3. The number of sulfone groups is 1. The Balaban J connectivity index is 2.12. The Kier molecular flexibility index (Phi) is 3.44. The van der Waals surface area contributed by atoms with E-state index in [1.807, 2.05) is 0 Å². The van der Waals surface area contributed by atoms with Crippen molar-refractivity contribution in [3.8, 4) is 0 Å². The first-order chi connectivity index (χ1) is 8.23. The van der Waals surface area contributed by atoms with Crippen LogP contribution in [0, 0.1) is 5.92 Å². The molecule has 0 radical (unpaired) electrons. The number of likely N-dealkylation sites (tertiary alicyclic amines) is 1. The number of piperidine rings is 1. The van der Waals surface area contributed by atoms with Gasteiger partial charge in [-0.1, -0.05) is 0 Å². The first-order valence-electron chi connectivity index (χ1n) is 6.46. The average molecular weight is 274 g/mol. The van der Waals surface area contributed by atoms with Gasteiger partial charge in [-0.2, -0.15) is 0 Å². The molecule has 2 atom stereocenters. The van der Waals surface area contributed by atoms with E-state index < -0.39 is 14.6 Å². The monoisotopic (exact) mass is 274 g/mol. The number of fused-ring (bicyclic) bond motifs is 1. The summed E-state index contributed by atoms with van der Waals surface area (Å²) < 4.78 is 22.1. The normalized spacial score (nSPS) is 29.2. The van der Waals surface area contributed by atoms with E-state index in [1.165, 1.54) is 13.8 Å². The number of nitrogens with zero attached hydrogens (tertiary/aromatic N) is 1. The molecular formula is C12H22N2O3S. The summed E-state index contributed by atoms with van der Waals surface area (Å²) >= 11 is 0. The van der Waals surface area contributed by atoms with Gasteiger partial charge in [0, 0.05) is 25.4 Å². The van der Waals surface area contributed by atoms with Crippen LogP contribution in [-0.4, -0.2) is 55.9 Å². The molecule has 2 rings (SSSR count). The number of carbonyl (C=O) groups excluding carboxylic acids is 1. The molecule has 0 aromatic rings. The topological polar surface area (TPSA) is 66.5 Å². The number of hydrogen-bond acceptors (Lipinski definition) is 4. The quantitative estimate of drug-likeness (QED) is 0.771. The minimum Gasteiger partial charge on any atom is -0.339 e. The summed E-state index contributed by atoms with van der Waals surface area (Å²) in [6.45, 7) is 5.33. The zero-order chi connectivity index (χ0) is 13.6. The Bertz CT molecular complexity index is 430. The van der Waals surface area contributed by atoms with Crippen LogP contribution in [0.5, 0.6) is 0 Å². The van der Waals surface area contributed by atoms with E-state index in [2.05, 4.69) is 5.32 Å². The van der Waals surface area contributed by atoms with Gasteiger partial charge in [-0.05, 0) is 39.2 Å². The molecule has 6 heteroatoms. The van der Waals surface area contributed by atoms with E-state index in [9.17, 15) is 13.2 Å². The molecule has 2 aliphatic heterocycles. The van der Waals surface area contributed by atoms with Crippen LogP contribution in [0.25, 0.3) is 0 Å². The second-order valence-electron chi connectivity index (χ2n) is 5.96. The van der Waals surface area contributed by atoms with Gasteiger partial charge in [0.05, 0.1) is 0 Å². The van der Waals surface area contributed by atoms with E-state index in [4.69, 9.17) is 0 Å². The summed E-state index contributed by atoms with van der Waals surface area (Å²) in [6, 6.07) is 0.345. The molecule has 0 aliphatic carbocycles. The fourth-order valence-electron chi connectivity index (χ4n) is 2.75. The number of amides is 1. The zero-order valence-electron chi connectivity index (χ0n) is 11.3. The molecule has 1 N–H and O–H groups in total. The molecule has 0 bridgehead atoms. The summed E-state index contributed by atoms with van der Waals surface area (Å²) in [7, 11) is -3.38. The Morgan fingerprint density at radius 2 is 2.00 bits per heavy atom. The molecule has 18 heavy (non-hydrogen) atoms. The highest BCUT2D eigenvalue weighted by atomic mass is 32.2. The van der Waals surface area contributed by atoms with Gasteiger partial charge in [0.2, 0.25) is 5.91 Å². The zero-order valence-corrected chi connectivity index (χ0v) is 12.1. The van der Waals surface area contributed by atoms with Crippen molar-refractivity contribution in [1.29, 1.82) is 0 Å². The molecule has 2 fully saturated rings. The van der Waals surface area contributed by atoms with E-state index in [-0.39, 0.29) is 5.91 Å². The van der Waals surface area contributed by atoms with Crippen molar-refractivity contribution >= 4 is 15.7 Å². The Morgan fingerprint density at radius 3 is 2.56 bits per heavy atom. The smallest absolute Gasteiger partial charge is 0.243 e. The average Bonchev–Trinajstić information content (AvgIpc) is 2.69. The van der Waals surface area contributed by atoms with Crippen LogP contribution in [0.3, 0.4) is 0 Å². The molecule has 0 spiro atoms. The Morgan fingerprint density at radius 1 is 1.33 bits per heavy atom. The van der Waals surface area contributed by atoms with Crippen LogP contribution in [0.4, 0.5) is 0 Å². The molecule has 2 unspecified atom stereocenters. The van der Waals surface area contributed by atoms with Crippen molar-refractivity contribution < 1.29 is 13.2 Å². The predicted octanol–water partition coefficient (Wildman–Crippen LogP) is 0.0200. The van der Waals surface area contributed by atoms with E-state index in [1.54, 1.807) is 4.90 Å². The lowest BCUT2D eigenvalue weighted by Gasteiger charge is -2.27. The minimum absolute atomic E-state index is 0.263. The first-order valence-corrected chi connectivity index (χ1v) is 8.35.